The van der Waals surface area contributed by atoms with Crippen LogP contribution in [0.15, 0.2) is 12.2 Å². The second-order valence-electron chi connectivity index (χ2n) is 3.57. The average Bonchev–Trinajstić information content (AvgIpc) is 2.20. The minimum atomic E-state index is 0.0849. The molecular weight excluding hydrogens is 162 g/mol. The van der Waals surface area contributed by atoms with Gasteiger partial charge < -0.3 is 10.4 Å². The molecule has 0 spiro atoms. The fourth-order valence-corrected chi connectivity index (χ4v) is 1.32. The van der Waals surface area contributed by atoms with Crippen LogP contribution in [-0.4, -0.2) is 24.8 Å². The molecule has 0 heterocycles. The van der Waals surface area contributed by atoms with Crippen LogP contribution in [0, 0.1) is 5.41 Å². The van der Waals surface area contributed by atoms with Crippen molar-refractivity contribution in [3.05, 3.63) is 12.2 Å². The minimum absolute atomic E-state index is 0.0849. The van der Waals surface area contributed by atoms with E-state index in [2.05, 4.69) is 25.2 Å². The van der Waals surface area contributed by atoms with E-state index >= 15 is 0 Å². The van der Waals surface area contributed by atoms with E-state index in [-0.39, 0.29) is 12.0 Å². The molecule has 2 nitrogen and oxygen atoms in total. The zero-order valence-corrected chi connectivity index (χ0v) is 9.14. The summed E-state index contributed by atoms with van der Waals surface area (Å²) in [5.74, 6) is 0. The monoisotopic (exact) mass is 185 g/mol. The molecule has 0 amide bonds. The first-order chi connectivity index (χ1) is 6.24. The van der Waals surface area contributed by atoms with Crippen molar-refractivity contribution >= 4 is 0 Å². The summed E-state index contributed by atoms with van der Waals surface area (Å²) in [7, 11) is 0. The topological polar surface area (TPSA) is 32.3 Å². The van der Waals surface area contributed by atoms with Gasteiger partial charge in [-0.1, -0.05) is 26.0 Å². The summed E-state index contributed by atoms with van der Waals surface area (Å²) in [4.78, 5) is 0. The number of allylic oxidation sites excluding steroid dienone is 1. The van der Waals surface area contributed by atoms with Crippen LogP contribution < -0.4 is 5.32 Å². The molecule has 0 saturated carbocycles. The van der Waals surface area contributed by atoms with E-state index in [1.807, 2.05) is 13.0 Å². The van der Waals surface area contributed by atoms with Gasteiger partial charge in [-0.15, -0.1) is 0 Å². The van der Waals surface area contributed by atoms with Crippen molar-refractivity contribution in [2.75, 3.05) is 19.7 Å². The van der Waals surface area contributed by atoms with Crippen LogP contribution >= 0.6 is 0 Å². The van der Waals surface area contributed by atoms with Gasteiger partial charge in [0.15, 0.2) is 0 Å². The summed E-state index contributed by atoms with van der Waals surface area (Å²) in [5, 5.41) is 12.6. The highest BCUT2D eigenvalue weighted by molar-refractivity contribution is 4.83. The van der Waals surface area contributed by atoms with E-state index in [4.69, 9.17) is 0 Å². The van der Waals surface area contributed by atoms with E-state index in [1.165, 1.54) is 0 Å². The number of hydrogen-bond donors (Lipinski definition) is 2. The van der Waals surface area contributed by atoms with E-state index in [1.54, 1.807) is 0 Å². The Kier molecular flexibility index (Phi) is 6.92. The Morgan fingerprint density at radius 1 is 1.31 bits per heavy atom. The van der Waals surface area contributed by atoms with Gasteiger partial charge in [0.2, 0.25) is 0 Å². The fraction of sp³-hybridized carbons (Fsp3) is 0.818. The first-order valence-electron chi connectivity index (χ1n) is 5.17. The number of nitrogens with one attached hydrogen (secondary N) is 1. The third kappa shape index (κ3) is 4.44. The molecule has 0 aromatic heterocycles. The first kappa shape index (κ1) is 12.7. The molecule has 13 heavy (non-hydrogen) atoms. The second-order valence-corrected chi connectivity index (χ2v) is 3.57. The molecule has 0 fully saturated rings. The molecule has 0 aromatic rings. The molecule has 78 valence electrons. The highest BCUT2D eigenvalue weighted by atomic mass is 16.3. The van der Waals surface area contributed by atoms with Gasteiger partial charge in [0, 0.05) is 25.1 Å². The summed E-state index contributed by atoms with van der Waals surface area (Å²) < 4.78 is 0. The standard InChI is InChI=1S/C11H23NO/c1-4-7-8-12-9-11(5-2,6-3)10-13/h4,7,12-13H,5-6,8-10H2,1-3H3/b7-4+. The molecule has 0 aliphatic rings. The van der Waals surface area contributed by atoms with Crippen LogP contribution in [0.5, 0.6) is 0 Å². The van der Waals surface area contributed by atoms with Gasteiger partial charge in [0.1, 0.15) is 0 Å². The van der Waals surface area contributed by atoms with Gasteiger partial charge >= 0.3 is 0 Å². The van der Waals surface area contributed by atoms with Crippen molar-refractivity contribution in [1.82, 2.24) is 5.32 Å². The lowest BCUT2D eigenvalue weighted by Gasteiger charge is -2.29. The number of hydrogen-bond acceptors (Lipinski definition) is 2. The predicted molar refractivity (Wildman–Crippen MR) is 57.8 cm³/mol. The Morgan fingerprint density at radius 3 is 2.31 bits per heavy atom. The maximum absolute atomic E-state index is 9.28. The van der Waals surface area contributed by atoms with Crippen molar-refractivity contribution in [3.8, 4) is 0 Å². The highest BCUT2D eigenvalue weighted by Gasteiger charge is 2.23. The molecule has 0 aliphatic heterocycles. The van der Waals surface area contributed by atoms with Crippen LogP contribution in [0.4, 0.5) is 0 Å². The minimum Gasteiger partial charge on any atom is -0.396 e. The Balaban J connectivity index is 3.81. The number of rotatable bonds is 7. The second kappa shape index (κ2) is 7.10. The quantitative estimate of drug-likeness (QED) is 0.469. The molecule has 0 rings (SSSR count). The zero-order valence-electron chi connectivity index (χ0n) is 9.14. The van der Waals surface area contributed by atoms with Crippen LogP contribution in [-0.2, 0) is 0 Å². The van der Waals surface area contributed by atoms with Crippen LogP contribution in [0.3, 0.4) is 0 Å². The van der Waals surface area contributed by atoms with Crippen LogP contribution in [0.2, 0.25) is 0 Å². The van der Waals surface area contributed by atoms with E-state index in [0.29, 0.717) is 0 Å². The summed E-state index contributed by atoms with van der Waals surface area (Å²) in [6.07, 6.45) is 6.19. The van der Waals surface area contributed by atoms with Crippen molar-refractivity contribution in [1.29, 1.82) is 0 Å². The van der Waals surface area contributed by atoms with E-state index in [9.17, 15) is 5.11 Å². The lowest BCUT2D eigenvalue weighted by molar-refractivity contribution is 0.114. The lowest BCUT2D eigenvalue weighted by Crippen LogP contribution is -2.36. The van der Waals surface area contributed by atoms with Crippen LogP contribution in [0.1, 0.15) is 33.6 Å². The smallest absolute Gasteiger partial charge is 0.0499 e. The normalized spacial score (nSPS) is 12.6. The molecule has 2 heteroatoms. The maximum atomic E-state index is 9.28. The summed E-state index contributed by atoms with van der Waals surface area (Å²) >= 11 is 0. The number of aliphatic hydroxyl groups excluding tert-OH is 1. The van der Waals surface area contributed by atoms with Crippen molar-refractivity contribution < 1.29 is 5.11 Å². The summed E-state index contributed by atoms with van der Waals surface area (Å²) in [5.41, 5.74) is 0.0849. The Bertz CT molecular complexity index is 131. The molecule has 0 unspecified atom stereocenters. The molecule has 0 aromatic carbocycles. The number of aliphatic hydroxyl groups is 1. The molecule has 0 radical (unpaired) electrons. The predicted octanol–water partition coefficient (Wildman–Crippen LogP) is 1.95. The third-order valence-electron chi connectivity index (χ3n) is 2.83. The van der Waals surface area contributed by atoms with Gasteiger partial charge in [-0.05, 0) is 19.8 Å². The molecular formula is C11H23NO. The van der Waals surface area contributed by atoms with E-state index in [0.717, 1.165) is 25.9 Å². The van der Waals surface area contributed by atoms with Crippen molar-refractivity contribution in [2.45, 2.75) is 33.6 Å². The Morgan fingerprint density at radius 2 is 1.92 bits per heavy atom. The lowest BCUT2D eigenvalue weighted by atomic mass is 9.83. The summed E-state index contributed by atoms with van der Waals surface area (Å²) in [6, 6.07) is 0. The van der Waals surface area contributed by atoms with Crippen molar-refractivity contribution in [2.24, 2.45) is 5.41 Å². The van der Waals surface area contributed by atoms with Crippen molar-refractivity contribution in [3.63, 3.8) is 0 Å². The molecule has 0 aliphatic carbocycles. The van der Waals surface area contributed by atoms with Gasteiger partial charge in [-0.2, -0.15) is 0 Å². The Labute approximate surface area is 82.0 Å². The zero-order chi connectivity index (χ0) is 10.2. The largest absolute Gasteiger partial charge is 0.396 e. The molecule has 0 saturated heterocycles. The molecule has 2 N–H and O–H groups in total. The SMILES string of the molecule is C/C=C/CNCC(CC)(CC)CO. The van der Waals surface area contributed by atoms with Gasteiger partial charge in [-0.25, -0.2) is 0 Å². The molecule has 0 atom stereocenters. The van der Waals surface area contributed by atoms with E-state index < -0.39 is 0 Å². The Hall–Kier alpha value is -0.340. The van der Waals surface area contributed by atoms with Gasteiger partial charge in [0.05, 0.1) is 0 Å². The van der Waals surface area contributed by atoms with Gasteiger partial charge in [0.25, 0.3) is 0 Å². The average molecular weight is 185 g/mol. The highest BCUT2D eigenvalue weighted by Crippen LogP contribution is 2.24. The molecule has 0 bridgehead atoms. The maximum Gasteiger partial charge on any atom is 0.0499 e. The van der Waals surface area contributed by atoms with Gasteiger partial charge in [-0.3, -0.25) is 0 Å². The first-order valence-corrected chi connectivity index (χ1v) is 5.17. The van der Waals surface area contributed by atoms with Crippen LogP contribution in [0.25, 0.3) is 0 Å². The fourth-order valence-electron chi connectivity index (χ4n) is 1.32. The summed E-state index contributed by atoms with van der Waals surface area (Å²) in [6.45, 7) is 8.37. The third-order valence-corrected chi connectivity index (χ3v) is 2.83.